The number of aromatic hydroxyl groups is 1. The van der Waals surface area contributed by atoms with Crippen LogP contribution in [0, 0.1) is 11.3 Å². The summed E-state index contributed by atoms with van der Waals surface area (Å²) in [6.45, 7) is 10.6. The van der Waals surface area contributed by atoms with Crippen LogP contribution in [0.4, 0.5) is 5.69 Å². The second-order valence-corrected chi connectivity index (χ2v) is 5.34. The van der Waals surface area contributed by atoms with Crippen molar-refractivity contribution in [3.05, 3.63) is 34.7 Å². The number of allylic oxidation sites excluding steroid dienone is 2. The number of carbonyl (C=O) groups excluding carboxylic acids is 2. The second kappa shape index (κ2) is 11.6. The molecule has 0 atom stereocenters. The zero-order valence-corrected chi connectivity index (χ0v) is 17.2. The van der Waals surface area contributed by atoms with Crippen molar-refractivity contribution in [2.75, 3.05) is 26.0 Å². The summed E-state index contributed by atoms with van der Waals surface area (Å²) >= 11 is 0. The first-order valence-electron chi connectivity index (χ1n) is 9.15. The Hall–Kier alpha value is -3.01. The monoisotopic (exact) mass is 374 g/mol. The van der Waals surface area contributed by atoms with E-state index in [1.807, 2.05) is 40.7 Å². The minimum Gasteiger partial charge on any atom is -0.505 e. The molecule has 1 aliphatic carbocycles. The predicted octanol–water partition coefficient (Wildman–Crippen LogP) is 3.22. The van der Waals surface area contributed by atoms with Gasteiger partial charge in [0.15, 0.2) is 11.5 Å². The number of carbonyl (C=O) groups is 2. The molecule has 3 N–H and O–H groups in total. The van der Waals surface area contributed by atoms with E-state index in [1.165, 1.54) is 17.0 Å². The highest BCUT2D eigenvalue weighted by Crippen LogP contribution is 2.33. The van der Waals surface area contributed by atoms with Gasteiger partial charge >= 0.3 is 0 Å². The van der Waals surface area contributed by atoms with Crippen LogP contribution < -0.4 is 10.6 Å². The van der Waals surface area contributed by atoms with Crippen molar-refractivity contribution in [2.24, 2.45) is 0 Å². The molecule has 0 spiro atoms. The lowest BCUT2D eigenvalue weighted by Crippen LogP contribution is -2.32. The molecule has 0 saturated carbocycles. The topological polar surface area (TPSA) is 105 Å². The van der Waals surface area contributed by atoms with Gasteiger partial charge in [-0.25, -0.2) is 0 Å². The molecular weight excluding hydrogens is 344 g/mol. The Morgan fingerprint density at radius 3 is 2.30 bits per heavy atom. The smallest absolute Gasteiger partial charge is 0.257 e. The number of ketones is 1. The molecule has 1 aromatic rings. The van der Waals surface area contributed by atoms with Gasteiger partial charge in [-0.05, 0) is 19.1 Å². The standard InChI is InChI=1S/C16H18N4O3.2C2H6/c1-4-18-11-7-13(21)14(11)19-12-6-9(8-17)5-10(15(12)22)16(23)20(2)3;2*1-2/h5-6,18-19,22H,4,7H2,1-3H3;2*1-2H3. The molecule has 0 aromatic heterocycles. The molecule has 7 nitrogen and oxygen atoms in total. The van der Waals surface area contributed by atoms with Gasteiger partial charge in [0, 0.05) is 26.3 Å². The van der Waals surface area contributed by atoms with Crippen molar-refractivity contribution in [1.82, 2.24) is 10.2 Å². The average molecular weight is 374 g/mol. The molecule has 0 heterocycles. The largest absolute Gasteiger partial charge is 0.505 e. The number of Topliss-reactive ketones (excluding diaryl/α,β-unsaturated/α-hetero) is 1. The fourth-order valence-corrected chi connectivity index (χ4v) is 2.24. The van der Waals surface area contributed by atoms with Gasteiger partial charge in [0.25, 0.3) is 5.91 Å². The fraction of sp³-hybridized carbons (Fsp3) is 0.450. The molecule has 27 heavy (non-hydrogen) atoms. The first kappa shape index (κ1) is 24.0. The van der Waals surface area contributed by atoms with Crippen molar-refractivity contribution in [3.8, 4) is 11.8 Å². The number of hydrogen-bond donors (Lipinski definition) is 3. The Morgan fingerprint density at radius 1 is 1.26 bits per heavy atom. The number of rotatable bonds is 5. The van der Waals surface area contributed by atoms with Crippen LogP contribution in [0.2, 0.25) is 0 Å². The van der Waals surface area contributed by atoms with Crippen molar-refractivity contribution in [1.29, 1.82) is 5.26 Å². The molecule has 148 valence electrons. The number of hydrogen-bond acceptors (Lipinski definition) is 6. The zero-order chi connectivity index (χ0) is 21.1. The van der Waals surface area contributed by atoms with Gasteiger partial charge in [0.1, 0.15) is 5.70 Å². The summed E-state index contributed by atoms with van der Waals surface area (Å²) in [5.74, 6) is -0.808. The van der Waals surface area contributed by atoms with E-state index in [-0.39, 0.29) is 28.3 Å². The van der Waals surface area contributed by atoms with E-state index in [2.05, 4.69) is 10.6 Å². The molecule has 2 rings (SSSR count). The molecule has 0 unspecified atom stereocenters. The van der Waals surface area contributed by atoms with Crippen LogP contribution in [0.3, 0.4) is 0 Å². The summed E-state index contributed by atoms with van der Waals surface area (Å²) in [6.07, 6.45) is 0.304. The Balaban J connectivity index is 0.00000158. The molecule has 0 radical (unpaired) electrons. The SMILES string of the molecule is CC.CC.CCNC1=C(Nc2cc(C#N)cc(C(=O)N(C)C)c2O)C(=O)C1. The molecular formula is C20H30N4O3. The Kier molecular flexibility index (Phi) is 10.3. The minimum absolute atomic E-state index is 0.00826. The van der Waals surface area contributed by atoms with E-state index < -0.39 is 5.91 Å². The predicted molar refractivity (Wildman–Crippen MR) is 107 cm³/mol. The number of nitrogens with zero attached hydrogens (tertiary/aromatic N) is 2. The highest BCUT2D eigenvalue weighted by molar-refractivity contribution is 6.07. The van der Waals surface area contributed by atoms with Crippen LogP contribution in [0.5, 0.6) is 5.75 Å². The molecule has 0 aliphatic heterocycles. The molecule has 7 heteroatoms. The molecule has 1 amide bonds. The number of phenols is 1. The first-order chi connectivity index (χ1) is 12.9. The molecule has 0 fully saturated rings. The molecule has 1 aromatic carbocycles. The van der Waals surface area contributed by atoms with E-state index >= 15 is 0 Å². The van der Waals surface area contributed by atoms with Gasteiger partial charge < -0.3 is 20.6 Å². The second-order valence-electron chi connectivity index (χ2n) is 5.34. The van der Waals surface area contributed by atoms with Gasteiger partial charge in [-0.1, -0.05) is 27.7 Å². The molecule has 0 saturated heterocycles. The maximum Gasteiger partial charge on any atom is 0.257 e. The first-order valence-corrected chi connectivity index (χ1v) is 9.15. The van der Waals surface area contributed by atoms with Crippen LogP contribution in [-0.2, 0) is 4.79 Å². The van der Waals surface area contributed by atoms with E-state index in [9.17, 15) is 14.7 Å². The van der Waals surface area contributed by atoms with Crippen LogP contribution in [0.1, 0.15) is 57.0 Å². The third-order valence-electron chi connectivity index (χ3n) is 3.44. The third-order valence-corrected chi connectivity index (χ3v) is 3.44. The summed E-state index contributed by atoms with van der Waals surface area (Å²) < 4.78 is 0. The average Bonchev–Trinajstić information content (AvgIpc) is 2.69. The van der Waals surface area contributed by atoms with Crippen molar-refractivity contribution in [2.45, 2.75) is 41.0 Å². The van der Waals surface area contributed by atoms with Crippen LogP contribution in [-0.4, -0.2) is 42.3 Å². The summed E-state index contributed by atoms with van der Waals surface area (Å²) in [4.78, 5) is 25.2. The van der Waals surface area contributed by atoms with Crippen molar-refractivity contribution in [3.63, 3.8) is 0 Å². The number of nitrogens with one attached hydrogen (secondary N) is 2. The summed E-state index contributed by atoms with van der Waals surface area (Å²) in [5.41, 5.74) is 1.48. The lowest BCUT2D eigenvalue weighted by atomic mass is 9.98. The van der Waals surface area contributed by atoms with Crippen molar-refractivity contribution >= 4 is 17.4 Å². The van der Waals surface area contributed by atoms with Crippen LogP contribution in [0.15, 0.2) is 23.5 Å². The van der Waals surface area contributed by atoms with Gasteiger partial charge in [0.05, 0.1) is 29.3 Å². The van der Waals surface area contributed by atoms with E-state index in [0.717, 1.165) is 5.70 Å². The van der Waals surface area contributed by atoms with E-state index in [4.69, 9.17) is 5.26 Å². The van der Waals surface area contributed by atoms with Crippen LogP contribution >= 0.6 is 0 Å². The lowest BCUT2D eigenvalue weighted by Gasteiger charge is -2.25. The Labute approximate surface area is 161 Å². The maximum atomic E-state index is 12.1. The van der Waals surface area contributed by atoms with Gasteiger partial charge in [0.2, 0.25) is 0 Å². The number of nitriles is 1. The summed E-state index contributed by atoms with van der Waals surface area (Å²) in [6, 6.07) is 4.68. The normalized spacial score (nSPS) is 11.7. The van der Waals surface area contributed by atoms with Crippen molar-refractivity contribution < 1.29 is 14.7 Å². The quantitative estimate of drug-likeness (QED) is 0.683. The zero-order valence-electron chi connectivity index (χ0n) is 17.2. The summed E-state index contributed by atoms with van der Waals surface area (Å²) in [7, 11) is 3.10. The molecule has 1 aliphatic rings. The van der Waals surface area contributed by atoms with Gasteiger partial charge in [-0.15, -0.1) is 0 Å². The third kappa shape index (κ3) is 5.74. The number of anilines is 1. The Bertz CT molecular complexity index is 746. The fourth-order valence-electron chi connectivity index (χ4n) is 2.24. The van der Waals surface area contributed by atoms with Crippen LogP contribution in [0.25, 0.3) is 0 Å². The van der Waals surface area contributed by atoms with E-state index in [0.29, 0.717) is 18.7 Å². The van der Waals surface area contributed by atoms with Gasteiger partial charge in [-0.2, -0.15) is 5.26 Å². The van der Waals surface area contributed by atoms with Gasteiger partial charge in [-0.3, -0.25) is 9.59 Å². The minimum atomic E-state index is -0.427. The Morgan fingerprint density at radius 2 is 1.85 bits per heavy atom. The maximum absolute atomic E-state index is 12.1. The number of phenolic OH excluding ortho intramolecular Hbond substituents is 1. The highest BCUT2D eigenvalue weighted by Gasteiger charge is 2.28. The number of benzene rings is 1. The lowest BCUT2D eigenvalue weighted by molar-refractivity contribution is -0.116. The molecule has 0 bridgehead atoms. The van der Waals surface area contributed by atoms with E-state index in [1.54, 1.807) is 14.1 Å². The number of amides is 1. The highest BCUT2D eigenvalue weighted by atomic mass is 16.3. The summed E-state index contributed by atoms with van der Waals surface area (Å²) in [5, 5.41) is 25.3.